The number of nitrogens with two attached hydrogens (primary N) is 1. The molecule has 160 valence electrons. The summed E-state index contributed by atoms with van der Waals surface area (Å²) in [5.41, 5.74) is 8.06. The molecule has 3 aliphatic heterocycles. The van der Waals surface area contributed by atoms with Crippen LogP contribution in [-0.4, -0.2) is 60.1 Å². The first-order chi connectivity index (χ1) is 14.4. The first-order valence-electron chi connectivity index (χ1n) is 10.2. The summed E-state index contributed by atoms with van der Waals surface area (Å²) < 4.78 is 38.9. The van der Waals surface area contributed by atoms with Crippen molar-refractivity contribution in [1.29, 1.82) is 0 Å². The Kier molecular flexibility index (Phi) is 4.83. The van der Waals surface area contributed by atoms with Crippen LogP contribution in [0.4, 0.5) is 14.7 Å². The van der Waals surface area contributed by atoms with Gasteiger partial charge in [-0.05, 0) is 18.1 Å². The third-order valence-corrected chi connectivity index (χ3v) is 5.81. The Balaban J connectivity index is 0.000000340. The fraction of sp³-hybridized carbons (Fsp3) is 0.524. The van der Waals surface area contributed by atoms with E-state index < -0.39 is 12.0 Å². The molecule has 1 aromatic heterocycles. The number of aromatic nitrogens is 2. The Morgan fingerprint density at radius 2 is 1.93 bits per heavy atom. The highest BCUT2D eigenvalue weighted by molar-refractivity contribution is 5.69. The van der Waals surface area contributed by atoms with Gasteiger partial charge in [-0.15, -0.1) is 0 Å². The van der Waals surface area contributed by atoms with E-state index in [9.17, 15) is 13.9 Å². The maximum Gasteiger partial charge on any atom is 0.290 e. The van der Waals surface area contributed by atoms with Crippen LogP contribution in [0.5, 0.6) is 5.75 Å². The number of hydrogen-bond acceptors (Lipinski definition) is 7. The number of fused-ring (bicyclic) bond motifs is 2. The quantitative estimate of drug-likeness (QED) is 0.766. The Hall–Kier alpha value is -2.36. The van der Waals surface area contributed by atoms with E-state index in [1.165, 1.54) is 0 Å². The van der Waals surface area contributed by atoms with Crippen molar-refractivity contribution >= 4 is 5.95 Å². The predicted molar refractivity (Wildman–Crippen MR) is 106 cm³/mol. The summed E-state index contributed by atoms with van der Waals surface area (Å²) in [6, 6.07) is 6.12. The maximum atomic E-state index is 14.3. The van der Waals surface area contributed by atoms with Crippen LogP contribution in [-0.2, 0) is 23.5 Å². The van der Waals surface area contributed by atoms with Gasteiger partial charge in [0, 0.05) is 37.1 Å². The number of rotatable bonds is 2. The molecule has 3 N–H and O–H groups in total. The average molecular weight is 418 g/mol. The molecule has 4 heterocycles. The van der Waals surface area contributed by atoms with Crippen LogP contribution >= 0.6 is 0 Å². The number of β-amino-alcohol motifs (C(OH)–C–C–N with tert-alkyl or cyclic N) is 1. The highest BCUT2D eigenvalue weighted by Gasteiger charge is 2.44. The van der Waals surface area contributed by atoms with Crippen LogP contribution in [0.15, 0.2) is 18.2 Å². The van der Waals surface area contributed by atoms with Crippen molar-refractivity contribution in [2.75, 3.05) is 37.8 Å². The molecule has 0 amide bonds. The van der Waals surface area contributed by atoms with Crippen molar-refractivity contribution in [2.45, 2.75) is 37.3 Å². The van der Waals surface area contributed by atoms with E-state index >= 15 is 0 Å². The Morgan fingerprint density at radius 3 is 2.60 bits per heavy atom. The van der Waals surface area contributed by atoms with Gasteiger partial charge in [-0.1, -0.05) is 12.1 Å². The topological polar surface area (TPSA) is 93.7 Å². The number of aliphatic hydroxyl groups is 1. The van der Waals surface area contributed by atoms with E-state index in [1.807, 2.05) is 18.2 Å². The number of ether oxygens (including phenoxy) is 2. The van der Waals surface area contributed by atoms with Crippen molar-refractivity contribution in [1.82, 2.24) is 9.97 Å². The van der Waals surface area contributed by atoms with Gasteiger partial charge in [0.05, 0.1) is 37.7 Å². The summed E-state index contributed by atoms with van der Waals surface area (Å²) >= 11 is 0. The lowest BCUT2D eigenvalue weighted by Crippen LogP contribution is -2.51. The molecule has 4 aliphatic rings. The fourth-order valence-corrected chi connectivity index (χ4v) is 3.98. The van der Waals surface area contributed by atoms with Crippen LogP contribution in [0, 0.1) is 0 Å². The van der Waals surface area contributed by atoms with Gasteiger partial charge in [0.15, 0.2) is 0 Å². The van der Waals surface area contributed by atoms with E-state index in [0.717, 1.165) is 36.5 Å². The maximum absolute atomic E-state index is 14.3. The zero-order valence-corrected chi connectivity index (χ0v) is 16.5. The lowest BCUT2D eigenvalue weighted by Gasteiger charge is -2.36. The molecule has 6 rings (SSSR count). The smallest absolute Gasteiger partial charge is 0.290 e. The second kappa shape index (κ2) is 7.40. The lowest BCUT2D eigenvalue weighted by atomic mass is 10.0. The number of alkyl halides is 2. The van der Waals surface area contributed by atoms with Crippen LogP contribution < -0.4 is 15.4 Å². The molecule has 2 aromatic rings. The molecular formula is C21H24F2N4O3. The molecule has 30 heavy (non-hydrogen) atoms. The lowest BCUT2D eigenvalue weighted by molar-refractivity contribution is -0.00597. The summed E-state index contributed by atoms with van der Waals surface area (Å²) in [5.74, 6) is -1.86. The van der Waals surface area contributed by atoms with Gasteiger partial charge < -0.3 is 25.2 Å². The van der Waals surface area contributed by atoms with E-state index in [1.54, 1.807) is 4.90 Å². The number of aliphatic hydroxyl groups excluding tert-OH is 1. The Bertz CT molecular complexity index is 962. The van der Waals surface area contributed by atoms with Gasteiger partial charge in [-0.25, -0.2) is 9.97 Å². The molecule has 2 fully saturated rings. The van der Waals surface area contributed by atoms with Crippen LogP contribution in [0.2, 0.25) is 0 Å². The van der Waals surface area contributed by atoms with Gasteiger partial charge in [-0.2, -0.15) is 8.78 Å². The van der Waals surface area contributed by atoms with Gasteiger partial charge in [0.25, 0.3) is 5.92 Å². The van der Waals surface area contributed by atoms with Crippen molar-refractivity contribution < 1.29 is 23.4 Å². The van der Waals surface area contributed by atoms with Crippen molar-refractivity contribution in [3.8, 4) is 17.0 Å². The van der Waals surface area contributed by atoms with Gasteiger partial charge >= 0.3 is 0 Å². The number of benzene rings is 1. The molecule has 0 bridgehead atoms. The summed E-state index contributed by atoms with van der Waals surface area (Å²) in [5, 5.41) is 9.51. The SMILES string of the molecule is NC1COC1.OC1CN(c2nc(-c3ccc4c(c3)OCC4)c3c(n2)C(F)(F)CC3)C1. The van der Waals surface area contributed by atoms with Gasteiger partial charge in [-0.3, -0.25) is 0 Å². The third kappa shape index (κ3) is 3.51. The molecule has 0 atom stereocenters. The molecule has 0 spiro atoms. The summed E-state index contributed by atoms with van der Waals surface area (Å²) in [4.78, 5) is 10.4. The second-order valence-corrected chi connectivity index (χ2v) is 8.18. The molecule has 0 unspecified atom stereocenters. The largest absolute Gasteiger partial charge is 0.493 e. The number of halogens is 2. The van der Waals surface area contributed by atoms with Crippen molar-refractivity contribution in [2.24, 2.45) is 5.73 Å². The van der Waals surface area contributed by atoms with Crippen LogP contribution in [0.1, 0.15) is 23.2 Å². The number of anilines is 1. The zero-order valence-electron chi connectivity index (χ0n) is 16.5. The predicted octanol–water partition coefficient (Wildman–Crippen LogP) is 1.64. The Morgan fingerprint density at radius 1 is 1.17 bits per heavy atom. The second-order valence-electron chi connectivity index (χ2n) is 8.18. The molecule has 9 heteroatoms. The zero-order chi connectivity index (χ0) is 20.9. The van der Waals surface area contributed by atoms with E-state index in [0.29, 0.717) is 37.0 Å². The van der Waals surface area contributed by atoms with Gasteiger partial charge in [0.1, 0.15) is 11.4 Å². The molecule has 0 radical (unpaired) electrons. The summed E-state index contributed by atoms with van der Waals surface area (Å²) in [7, 11) is 0. The van der Waals surface area contributed by atoms with Crippen LogP contribution in [0.25, 0.3) is 11.3 Å². The molecular weight excluding hydrogens is 394 g/mol. The van der Waals surface area contributed by atoms with Crippen molar-refractivity contribution in [3.05, 3.63) is 35.0 Å². The highest BCUT2D eigenvalue weighted by Crippen LogP contribution is 2.45. The molecule has 1 aliphatic carbocycles. The minimum atomic E-state index is -2.93. The van der Waals surface area contributed by atoms with Crippen molar-refractivity contribution in [3.63, 3.8) is 0 Å². The molecule has 1 aromatic carbocycles. The Labute approximate surface area is 172 Å². The first-order valence-corrected chi connectivity index (χ1v) is 10.2. The molecule has 2 saturated heterocycles. The number of nitrogens with zero attached hydrogens (tertiary/aromatic N) is 3. The monoisotopic (exact) mass is 418 g/mol. The minimum absolute atomic E-state index is 0.171. The molecule has 0 saturated carbocycles. The standard InChI is InChI=1S/C18H17F2N3O2.C3H7NO/c19-18(20)5-3-13-15(11-2-1-10-4-6-25-14(10)7-11)21-17(22-16(13)18)23-8-12(24)9-23;4-3-1-5-2-3/h1-2,7,12,24H,3-6,8-9H2;3H,1-2,4H2. The highest BCUT2D eigenvalue weighted by atomic mass is 19.3. The van der Waals surface area contributed by atoms with E-state index in [4.69, 9.17) is 15.2 Å². The first kappa shape index (κ1) is 19.6. The van der Waals surface area contributed by atoms with Gasteiger partial charge in [0.2, 0.25) is 5.95 Å². The average Bonchev–Trinajstić information content (AvgIpc) is 3.27. The molecule has 7 nitrogen and oxygen atoms in total. The van der Waals surface area contributed by atoms with Crippen LogP contribution in [0.3, 0.4) is 0 Å². The summed E-state index contributed by atoms with van der Waals surface area (Å²) in [6.45, 7) is 2.92. The van der Waals surface area contributed by atoms with E-state index in [-0.39, 0.29) is 24.5 Å². The number of hydrogen-bond donors (Lipinski definition) is 2. The normalized spacial score (nSPS) is 21.7. The third-order valence-electron chi connectivity index (χ3n) is 5.81. The minimum Gasteiger partial charge on any atom is -0.493 e. The fourth-order valence-electron chi connectivity index (χ4n) is 3.98. The summed E-state index contributed by atoms with van der Waals surface area (Å²) in [6.07, 6.45) is 0.442. The van der Waals surface area contributed by atoms with E-state index in [2.05, 4.69) is 9.97 Å².